The third-order valence-corrected chi connectivity index (χ3v) is 4.31. The van der Waals surface area contributed by atoms with Crippen molar-refractivity contribution in [2.24, 2.45) is 17.6 Å². The van der Waals surface area contributed by atoms with E-state index in [1.165, 1.54) is 6.92 Å². The summed E-state index contributed by atoms with van der Waals surface area (Å²) in [6, 6.07) is -2.04. The highest BCUT2D eigenvalue weighted by molar-refractivity contribution is 5.84. The minimum Gasteiger partial charge on any atom is -0.480 e. The number of carboxylic acid groups (broad SMARTS) is 2. The number of Topliss-reactive ketones (excluding diaryl/α,β-unsaturated/α-hetero) is 1. The fourth-order valence-corrected chi connectivity index (χ4v) is 2.68. The SMILES string of the molecule is C=CC[C@H](CC(=O)N[C@H](C)C(=O)O)CC(CC)C(=O)CC[C@H](N)C(=O)O. The molecule has 8 heteroatoms. The van der Waals surface area contributed by atoms with E-state index in [1.807, 2.05) is 6.92 Å². The maximum absolute atomic E-state index is 12.3. The van der Waals surface area contributed by atoms with Gasteiger partial charge in [-0.25, -0.2) is 0 Å². The average Bonchev–Trinajstić information content (AvgIpc) is 2.56. The third kappa shape index (κ3) is 9.31. The van der Waals surface area contributed by atoms with Crippen LogP contribution in [-0.2, 0) is 19.2 Å². The predicted molar refractivity (Wildman–Crippen MR) is 96.4 cm³/mol. The van der Waals surface area contributed by atoms with Crippen LogP contribution in [0.2, 0.25) is 0 Å². The van der Waals surface area contributed by atoms with Crippen LogP contribution in [0.3, 0.4) is 0 Å². The number of carbonyl (C=O) groups excluding carboxylic acids is 2. The van der Waals surface area contributed by atoms with Crippen molar-refractivity contribution in [2.75, 3.05) is 0 Å². The lowest BCUT2D eigenvalue weighted by molar-refractivity contribution is -0.141. The van der Waals surface area contributed by atoms with Gasteiger partial charge in [0.25, 0.3) is 0 Å². The summed E-state index contributed by atoms with van der Waals surface area (Å²) in [5.74, 6) is -3.16. The van der Waals surface area contributed by atoms with E-state index in [9.17, 15) is 19.2 Å². The Morgan fingerprint density at radius 2 is 1.81 bits per heavy atom. The summed E-state index contributed by atoms with van der Waals surface area (Å²) in [7, 11) is 0. The zero-order chi connectivity index (χ0) is 20.3. The summed E-state index contributed by atoms with van der Waals surface area (Å²) >= 11 is 0. The van der Waals surface area contributed by atoms with Gasteiger partial charge in [-0.2, -0.15) is 0 Å². The molecule has 0 saturated carbocycles. The minimum absolute atomic E-state index is 0.0717. The minimum atomic E-state index is -1.14. The number of amides is 1. The van der Waals surface area contributed by atoms with Crippen LogP contribution in [0.15, 0.2) is 12.7 Å². The fraction of sp³-hybridized carbons (Fsp3) is 0.667. The second kappa shape index (κ2) is 12.2. The smallest absolute Gasteiger partial charge is 0.325 e. The number of hydrogen-bond acceptors (Lipinski definition) is 5. The number of carbonyl (C=O) groups is 4. The van der Waals surface area contributed by atoms with Crippen LogP contribution >= 0.6 is 0 Å². The second-order valence-electron chi connectivity index (χ2n) is 6.51. The Labute approximate surface area is 153 Å². The van der Waals surface area contributed by atoms with E-state index in [0.717, 1.165) is 0 Å². The lowest BCUT2D eigenvalue weighted by Crippen LogP contribution is -2.39. The van der Waals surface area contributed by atoms with E-state index in [0.29, 0.717) is 19.3 Å². The molecule has 0 heterocycles. The monoisotopic (exact) mass is 370 g/mol. The first-order valence-electron chi connectivity index (χ1n) is 8.76. The Morgan fingerprint density at radius 3 is 2.27 bits per heavy atom. The van der Waals surface area contributed by atoms with E-state index in [4.69, 9.17) is 15.9 Å². The summed E-state index contributed by atoms with van der Waals surface area (Å²) in [6.07, 6.45) is 3.47. The first kappa shape index (κ1) is 23.8. The van der Waals surface area contributed by atoms with Crippen molar-refractivity contribution < 1.29 is 29.4 Å². The molecule has 0 aliphatic heterocycles. The molecule has 8 nitrogen and oxygen atoms in total. The highest BCUT2D eigenvalue weighted by Crippen LogP contribution is 2.24. The van der Waals surface area contributed by atoms with Crippen LogP contribution in [0, 0.1) is 11.8 Å². The molecule has 0 saturated heterocycles. The van der Waals surface area contributed by atoms with Gasteiger partial charge in [0.15, 0.2) is 0 Å². The molecule has 4 atom stereocenters. The topological polar surface area (TPSA) is 147 Å². The van der Waals surface area contributed by atoms with E-state index in [-0.39, 0.29) is 42.8 Å². The van der Waals surface area contributed by atoms with Gasteiger partial charge in [-0.3, -0.25) is 19.2 Å². The molecule has 5 N–H and O–H groups in total. The molecule has 0 radical (unpaired) electrons. The van der Waals surface area contributed by atoms with Crippen LogP contribution in [-0.4, -0.2) is 45.9 Å². The van der Waals surface area contributed by atoms with Gasteiger partial charge in [-0.1, -0.05) is 13.0 Å². The summed E-state index contributed by atoms with van der Waals surface area (Å²) in [4.78, 5) is 45.9. The molecule has 0 aliphatic carbocycles. The van der Waals surface area contributed by atoms with Gasteiger partial charge in [0.05, 0.1) is 0 Å². The van der Waals surface area contributed by atoms with Crippen LogP contribution in [0.4, 0.5) is 0 Å². The van der Waals surface area contributed by atoms with E-state index >= 15 is 0 Å². The van der Waals surface area contributed by atoms with Crippen LogP contribution in [0.1, 0.15) is 52.4 Å². The molecule has 0 fully saturated rings. The molecule has 0 aromatic heterocycles. The molecule has 0 aliphatic rings. The normalized spacial score (nSPS) is 15.3. The average molecular weight is 370 g/mol. The van der Waals surface area contributed by atoms with E-state index in [2.05, 4.69) is 11.9 Å². The molecule has 0 aromatic rings. The largest absolute Gasteiger partial charge is 0.480 e. The quantitative estimate of drug-likeness (QED) is 0.337. The van der Waals surface area contributed by atoms with Gasteiger partial charge in [0.2, 0.25) is 5.91 Å². The molecule has 1 unspecified atom stereocenters. The van der Waals surface area contributed by atoms with Crippen LogP contribution in [0.5, 0.6) is 0 Å². The molecule has 148 valence electrons. The first-order valence-corrected chi connectivity index (χ1v) is 8.76. The number of aliphatic carboxylic acids is 2. The lowest BCUT2D eigenvalue weighted by atomic mass is 9.84. The lowest BCUT2D eigenvalue weighted by Gasteiger charge is -2.21. The van der Waals surface area contributed by atoms with Gasteiger partial charge in [-0.15, -0.1) is 6.58 Å². The van der Waals surface area contributed by atoms with Crippen molar-refractivity contribution in [2.45, 2.75) is 64.5 Å². The Morgan fingerprint density at radius 1 is 1.19 bits per heavy atom. The summed E-state index contributed by atoms with van der Waals surface area (Å²) < 4.78 is 0. The molecule has 0 bridgehead atoms. The Bertz CT molecular complexity index is 520. The number of rotatable bonds is 14. The van der Waals surface area contributed by atoms with Crippen molar-refractivity contribution in [3.05, 3.63) is 12.7 Å². The zero-order valence-electron chi connectivity index (χ0n) is 15.4. The van der Waals surface area contributed by atoms with Crippen molar-refractivity contribution in [1.29, 1.82) is 0 Å². The summed E-state index contributed by atoms with van der Waals surface area (Å²) in [5.41, 5.74) is 5.43. The van der Waals surface area contributed by atoms with Crippen LogP contribution in [0.25, 0.3) is 0 Å². The van der Waals surface area contributed by atoms with Crippen molar-refractivity contribution in [3.63, 3.8) is 0 Å². The number of allylic oxidation sites excluding steroid dienone is 1. The number of carboxylic acids is 2. The van der Waals surface area contributed by atoms with Crippen molar-refractivity contribution >= 4 is 23.6 Å². The number of nitrogens with two attached hydrogens (primary N) is 1. The molecular weight excluding hydrogens is 340 g/mol. The fourth-order valence-electron chi connectivity index (χ4n) is 2.68. The molecule has 0 aromatic carbocycles. The maximum Gasteiger partial charge on any atom is 0.325 e. The van der Waals surface area contributed by atoms with E-state index in [1.54, 1.807) is 6.08 Å². The van der Waals surface area contributed by atoms with Crippen molar-refractivity contribution in [3.8, 4) is 0 Å². The van der Waals surface area contributed by atoms with Crippen LogP contribution < -0.4 is 11.1 Å². The van der Waals surface area contributed by atoms with Gasteiger partial charge in [0.1, 0.15) is 17.9 Å². The number of hydrogen-bond donors (Lipinski definition) is 4. The molecule has 0 rings (SSSR count). The third-order valence-electron chi connectivity index (χ3n) is 4.31. The van der Waals surface area contributed by atoms with E-state index < -0.39 is 24.0 Å². The Hall–Kier alpha value is -2.22. The first-order chi connectivity index (χ1) is 12.1. The highest BCUT2D eigenvalue weighted by atomic mass is 16.4. The highest BCUT2D eigenvalue weighted by Gasteiger charge is 2.25. The van der Waals surface area contributed by atoms with Gasteiger partial charge in [0, 0.05) is 18.8 Å². The van der Waals surface area contributed by atoms with Gasteiger partial charge >= 0.3 is 11.9 Å². The summed E-state index contributed by atoms with van der Waals surface area (Å²) in [5, 5.41) is 20.0. The standard InChI is InChI=1S/C18H30N2O6/c1-4-6-12(10-16(22)20-11(3)17(23)24)9-13(5-2)15(21)8-7-14(19)18(25)26/h4,11-14H,1,5-10,19H2,2-3H3,(H,20,22)(H,23,24)(H,25,26)/t11-,12+,13?,14+/m1/s1. The second-order valence-corrected chi connectivity index (χ2v) is 6.51. The predicted octanol–water partition coefficient (Wildman–Crippen LogP) is 1.34. The molecule has 26 heavy (non-hydrogen) atoms. The maximum atomic E-state index is 12.3. The zero-order valence-corrected chi connectivity index (χ0v) is 15.4. The Kier molecular flexibility index (Phi) is 11.1. The number of ketones is 1. The summed E-state index contributed by atoms with van der Waals surface area (Å²) in [6.45, 7) is 6.90. The van der Waals surface area contributed by atoms with Gasteiger partial charge < -0.3 is 21.3 Å². The van der Waals surface area contributed by atoms with Crippen molar-refractivity contribution in [1.82, 2.24) is 5.32 Å². The molecular formula is C18H30N2O6. The molecule has 1 amide bonds. The molecule has 0 spiro atoms. The number of nitrogens with one attached hydrogen (secondary N) is 1. The van der Waals surface area contributed by atoms with Gasteiger partial charge in [-0.05, 0) is 38.5 Å². The Balaban J connectivity index is 4.74.